The van der Waals surface area contributed by atoms with E-state index in [0.29, 0.717) is 29.1 Å². The maximum absolute atomic E-state index is 6.00. The lowest BCUT2D eigenvalue weighted by atomic mass is 10.3. The number of ether oxygens (including phenoxy) is 1. The predicted molar refractivity (Wildman–Crippen MR) is 89.2 cm³/mol. The minimum absolute atomic E-state index is 0.208. The SMILES string of the molecule is Nc1nc(Nc2cc(Cl)cc(Cl)c2)cc(N2CCOCC2)n1. The minimum atomic E-state index is 0.208. The zero-order chi connectivity index (χ0) is 15.5. The van der Waals surface area contributed by atoms with Gasteiger partial charge < -0.3 is 20.7 Å². The molecular weight excluding hydrogens is 325 g/mol. The Morgan fingerprint density at radius 2 is 1.73 bits per heavy atom. The van der Waals surface area contributed by atoms with Crippen molar-refractivity contribution in [2.75, 3.05) is 42.3 Å². The van der Waals surface area contributed by atoms with E-state index in [-0.39, 0.29) is 5.95 Å². The summed E-state index contributed by atoms with van der Waals surface area (Å²) in [6, 6.07) is 7.04. The average Bonchev–Trinajstić information content (AvgIpc) is 2.46. The van der Waals surface area contributed by atoms with Crippen LogP contribution in [0.2, 0.25) is 10.0 Å². The van der Waals surface area contributed by atoms with Crippen molar-refractivity contribution >= 4 is 46.5 Å². The highest BCUT2D eigenvalue weighted by Gasteiger charge is 2.14. The highest BCUT2D eigenvalue weighted by atomic mass is 35.5. The second kappa shape index (κ2) is 6.56. The Labute approximate surface area is 138 Å². The van der Waals surface area contributed by atoms with Crippen LogP contribution in [0.3, 0.4) is 0 Å². The molecule has 3 rings (SSSR count). The molecule has 0 bridgehead atoms. The van der Waals surface area contributed by atoms with Crippen molar-refractivity contribution in [2.24, 2.45) is 0 Å². The molecule has 0 amide bonds. The van der Waals surface area contributed by atoms with Crippen molar-refractivity contribution in [3.8, 4) is 0 Å². The van der Waals surface area contributed by atoms with E-state index in [4.69, 9.17) is 33.7 Å². The standard InChI is InChI=1S/C14H15Cl2N5O/c15-9-5-10(16)7-11(6-9)18-12-8-13(20-14(17)19-12)21-1-3-22-4-2-21/h5-8H,1-4H2,(H3,17,18,19,20). The first kappa shape index (κ1) is 15.1. The molecule has 1 aliphatic rings. The van der Waals surface area contributed by atoms with Crippen molar-refractivity contribution in [3.63, 3.8) is 0 Å². The summed E-state index contributed by atoms with van der Waals surface area (Å²) >= 11 is 12.0. The van der Waals surface area contributed by atoms with Gasteiger partial charge in [0.05, 0.1) is 13.2 Å². The number of nitrogen functional groups attached to an aromatic ring is 1. The molecule has 3 N–H and O–H groups in total. The van der Waals surface area contributed by atoms with Crippen LogP contribution in [-0.2, 0) is 4.74 Å². The lowest BCUT2D eigenvalue weighted by Gasteiger charge is -2.28. The third-order valence-corrected chi connectivity index (χ3v) is 3.64. The lowest BCUT2D eigenvalue weighted by molar-refractivity contribution is 0.122. The number of morpholine rings is 1. The highest BCUT2D eigenvalue weighted by molar-refractivity contribution is 6.35. The second-order valence-corrected chi connectivity index (χ2v) is 5.72. The fourth-order valence-corrected chi connectivity index (χ4v) is 2.77. The Balaban J connectivity index is 1.85. The van der Waals surface area contributed by atoms with Crippen LogP contribution in [0.25, 0.3) is 0 Å². The van der Waals surface area contributed by atoms with E-state index in [1.54, 1.807) is 18.2 Å². The molecule has 2 heterocycles. The molecule has 1 aliphatic heterocycles. The van der Waals surface area contributed by atoms with E-state index in [9.17, 15) is 0 Å². The maximum Gasteiger partial charge on any atom is 0.223 e. The summed E-state index contributed by atoms with van der Waals surface area (Å²) in [5.41, 5.74) is 6.55. The Morgan fingerprint density at radius 1 is 1.05 bits per heavy atom. The molecule has 2 aromatic rings. The topological polar surface area (TPSA) is 76.3 Å². The fraction of sp³-hybridized carbons (Fsp3) is 0.286. The monoisotopic (exact) mass is 339 g/mol. The van der Waals surface area contributed by atoms with Gasteiger partial charge in [-0.1, -0.05) is 23.2 Å². The second-order valence-electron chi connectivity index (χ2n) is 4.85. The Morgan fingerprint density at radius 3 is 2.41 bits per heavy atom. The largest absolute Gasteiger partial charge is 0.378 e. The summed E-state index contributed by atoms with van der Waals surface area (Å²) in [6.07, 6.45) is 0. The number of rotatable bonds is 3. The molecule has 1 saturated heterocycles. The van der Waals surface area contributed by atoms with Crippen LogP contribution in [0.1, 0.15) is 0 Å². The number of nitrogens with zero attached hydrogens (tertiary/aromatic N) is 3. The van der Waals surface area contributed by atoms with Gasteiger partial charge in [0, 0.05) is 34.9 Å². The normalized spacial score (nSPS) is 14.9. The van der Waals surface area contributed by atoms with E-state index >= 15 is 0 Å². The Hall–Kier alpha value is -1.76. The first-order valence-electron chi connectivity index (χ1n) is 6.80. The van der Waals surface area contributed by atoms with Gasteiger partial charge in [0.2, 0.25) is 5.95 Å². The van der Waals surface area contributed by atoms with Gasteiger partial charge in [-0.15, -0.1) is 0 Å². The molecule has 1 aromatic heterocycles. The van der Waals surface area contributed by atoms with Gasteiger partial charge in [0.1, 0.15) is 11.6 Å². The van der Waals surface area contributed by atoms with Crippen LogP contribution in [0, 0.1) is 0 Å². The number of anilines is 4. The summed E-state index contributed by atoms with van der Waals surface area (Å²) in [5.74, 6) is 1.57. The van der Waals surface area contributed by atoms with Crippen LogP contribution < -0.4 is 16.0 Å². The van der Waals surface area contributed by atoms with E-state index in [0.717, 1.165) is 24.6 Å². The average molecular weight is 340 g/mol. The highest BCUT2D eigenvalue weighted by Crippen LogP contribution is 2.26. The third-order valence-electron chi connectivity index (χ3n) is 3.20. The number of benzene rings is 1. The molecule has 0 saturated carbocycles. The summed E-state index contributed by atoms with van der Waals surface area (Å²) in [4.78, 5) is 10.6. The molecule has 6 nitrogen and oxygen atoms in total. The van der Waals surface area contributed by atoms with E-state index in [1.807, 2.05) is 6.07 Å². The molecule has 0 spiro atoms. The van der Waals surface area contributed by atoms with Gasteiger partial charge in [0.25, 0.3) is 0 Å². The third kappa shape index (κ3) is 3.71. The molecule has 1 fully saturated rings. The number of aromatic nitrogens is 2. The van der Waals surface area contributed by atoms with Gasteiger partial charge in [-0.05, 0) is 18.2 Å². The first-order valence-corrected chi connectivity index (χ1v) is 7.56. The molecule has 0 radical (unpaired) electrons. The van der Waals surface area contributed by atoms with Gasteiger partial charge >= 0.3 is 0 Å². The van der Waals surface area contributed by atoms with Crippen LogP contribution in [0.5, 0.6) is 0 Å². The van der Waals surface area contributed by atoms with Crippen molar-refractivity contribution in [1.82, 2.24) is 9.97 Å². The molecule has 8 heteroatoms. The fourth-order valence-electron chi connectivity index (χ4n) is 2.24. The van der Waals surface area contributed by atoms with E-state index in [2.05, 4.69) is 20.2 Å². The van der Waals surface area contributed by atoms with Gasteiger partial charge in [-0.25, -0.2) is 0 Å². The summed E-state index contributed by atoms with van der Waals surface area (Å²) < 4.78 is 5.34. The number of nitrogens with two attached hydrogens (primary N) is 1. The minimum Gasteiger partial charge on any atom is -0.378 e. The Kier molecular flexibility index (Phi) is 4.52. The van der Waals surface area contributed by atoms with Crippen molar-refractivity contribution < 1.29 is 4.74 Å². The first-order chi connectivity index (χ1) is 10.6. The van der Waals surface area contributed by atoms with Crippen LogP contribution >= 0.6 is 23.2 Å². The number of hydrogen-bond donors (Lipinski definition) is 2. The van der Waals surface area contributed by atoms with Crippen LogP contribution in [0.15, 0.2) is 24.3 Å². The van der Waals surface area contributed by atoms with Crippen molar-refractivity contribution in [1.29, 1.82) is 0 Å². The van der Waals surface area contributed by atoms with Gasteiger partial charge in [0.15, 0.2) is 0 Å². The Bertz CT molecular complexity index is 656. The molecule has 22 heavy (non-hydrogen) atoms. The van der Waals surface area contributed by atoms with Crippen LogP contribution in [-0.4, -0.2) is 36.3 Å². The molecule has 0 atom stereocenters. The number of halogens is 2. The molecule has 0 aliphatic carbocycles. The summed E-state index contributed by atoms with van der Waals surface area (Å²) in [5, 5.41) is 4.24. The molecule has 116 valence electrons. The summed E-state index contributed by atoms with van der Waals surface area (Å²) in [6.45, 7) is 2.91. The molecule has 0 unspecified atom stereocenters. The van der Waals surface area contributed by atoms with Crippen LogP contribution in [0.4, 0.5) is 23.3 Å². The number of nitrogens with one attached hydrogen (secondary N) is 1. The molecular formula is C14H15Cl2N5O. The number of hydrogen-bond acceptors (Lipinski definition) is 6. The quantitative estimate of drug-likeness (QED) is 0.895. The maximum atomic E-state index is 6.00. The van der Waals surface area contributed by atoms with Gasteiger partial charge in [-0.2, -0.15) is 9.97 Å². The lowest BCUT2D eigenvalue weighted by Crippen LogP contribution is -2.36. The smallest absolute Gasteiger partial charge is 0.223 e. The van der Waals surface area contributed by atoms with Crippen molar-refractivity contribution in [3.05, 3.63) is 34.3 Å². The van der Waals surface area contributed by atoms with E-state index in [1.165, 1.54) is 0 Å². The van der Waals surface area contributed by atoms with Gasteiger partial charge in [-0.3, -0.25) is 0 Å². The molecule has 1 aromatic carbocycles. The van der Waals surface area contributed by atoms with E-state index < -0.39 is 0 Å². The zero-order valence-corrected chi connectivity index (χ0v) is 13.2. The predicted octanol–water partition coefficient (Wildman–Crippen LogP) is 2.95. The van der Waals surface area contributed by atoms with Crippen molar-refractivity contribution in [2.45, 2.75) is 0 Å². The summed E-state index contributed by atoms with van der Waals surface area (Å²) in [7, 11) is 0. The zero-order valence-electron chi connectivity index (χ0n) is 11.7.